The fraction of sp³-hybridized carbons (Fsp3) is 0.143. The molecule has 1 amide bonds. The van der Waals surface area contributed by atoms with Crippen LogP contribution in [0.25, 0.3) is 5.69 Å². The Morgan fingerprint density at radius 1 is 1.21 bits per heavy atom. The third-order valence-electron chi connectivity index (χ3n) is 4.14. The molecule has 28 heavy (non-hydrogen) atoms. The summed E-state index contributed by atoms with van der Waals surface area (Å²) in [6.07, 6.45) is 1.53. The van der Waals surface area contributed by atoms with Gasteiger partial charge >= 0.3 is 0 Å². The Morgan fingerprint density at radius 3 is 2.64 bits per heavy atom. The van der Waals surface area contributed by atoms with E-state index in [-0.39, 0.29) is 12.4 Å². The molecule has 0 unspecified atom stereocenters. The Hall–Kier alpha value is -3.12. The van der Waals surface area contributed by atoms with Crippen molar-refractivity contribution in [2.24, 2.45) is 5.10 Å². The van der Waals surface area contributed by atoms with Crippen LogP contribution in [0.15, 0.2) is 59.7 Å². The molecule has 5 nitrogen and oxygen atoms in total. The molecule has 1 heterocycles. The van der Waals surface area contributed by atoms with Gasteiger partial charge in [-0.2, -0.15) is 5.10 Å². The molecule has 0 spiro atoms. The Morgan fingerprint density at radius 2 is 1.93 bits per heavy atom. The summed E-state index contributed by atoms with van der Waals surface area (Å²) >= 11 is 5.80. The van der Waals surface area contributed by atoms with Crippen molar-refractivity contribution in [3.05, 3.63) is 82.4 Å². The van der Waals surface area contributed by atoms with Crippen LogP contribution in [0.4, 0.5) is 4.39 Å². The van der Waals surface area contributed by atoms with Gasteiger partial charge in [-0.05, 0) is 56.3 Å². The predicted molar refractivity (Wildman–Crippen MR) is 108 cm³/mol. The van der Waals surface area contributed by atoms with Crippen LogP contribution in [0.5, 0.6) is 5.75 Å². The van der Waals surface area contributed by atoms with E-state index in [0.29, 0.717) is 16.5 Å². The molecule has 0 atom stereocenters. The van der Waals surface area contributed by atoms with Gasteiger partial charge in [0.1, 0.15) is 11.6 Å². The lowest BCUT2D eigenvalue weighted by Crippen LogP contribution is -2.24. The number of nitrogens with zero attached hydrogens (tertiary/aromatic N) is 2. The lowest BCUT2D eigenvalue weighted by atomic mass is 10.2. The number of hydrazone groups is 1. The summed E-state index contributed by atoms with van der Waals surface area (Å²) in [6, 6.07) is 15.2. The van der Waals surface area contributed by atoms with Crippen LogP contribution < -0.4 is 10.2 Å². The van der Waals surface area contributed by atoms with Gasteiger partial charge in [0.25, 0.3) is 5.91 Å². The van der Waals surface area contributed by atoms with Crippen molar-refractivity contribution in [1.29, 1.82) is 0 Å². The van der Waals surface area contributed by atoms with Crippen LogP contribution in [0, 0.1) is 19.7 Å². The van der Waals surface area contributed by atoms with E-state index in [1.807, 2.05) is 24.5 Å². The van der Waals surface area contributed by atoms with Gasteiger partial charge < -0.3 is 9.30 Å². The molecule has 0 saturated heterocycles. The third kappa shape index (κ3) is 4.58. The van der Waals surface area contributed by atoms with Gasteiger partial charge in [0.2, 0.25) is 0 Å². The highest BCUT2D eigenvalue weighted by Crippen LogP contribution is 2.21. The number of aromatic nitrogens is 1. The number of hydrogen-bond acceptors (Lipinski definition) is 3. The van der Waals surface area contributed by atoms with E-state index in [4.69, 9.17) is 16.3 Å². The van der Waals surface area contributed by atoms with Crippen LogP contribution in [0.1, 0.15) is 17.0 Å². The largest absolute Gasteiger partial charge is 0.484 e. The molecule has 144 valence electrons. The molecule has 0 aliphatic carbocycles. The number of halogens is 2. The monoisotopic (exact) mass is 399 g/mol. The normalized spacial score (nSPS) is 11.0. The van der Waals surface area contributed by atoms with E-state index in [1.54, 1.807) is 42.5 Å². The smallest absolute Gasteiger partial charge is 0.277 e. The van der Waals surface area contributed by atoms with E-state index < -0.39 is 5.91 Å². The Kier molecular flexibility index (Phi) is 6.11. The summed E-state index contributed by atoms with van der Waals surface area (Å²) < 4.78 is 21.3. The summed E-state index contributed by atoms with van der Waals surface area (Å²) in [5, 5.41) is 4.56. The quantitative estimate of drug-likeness (QED) is 0.493. The van der Waals surface area contributed by atoms with E-state index in [1.165, 1.54) is 12.3 Å². The van der Waals surface area contributed by atoms with Gasteiger partial charge in [-0.3, -0.25) is 4.79 Å². The number of rotatable bonds is 6. The van der Waals surface area contributed by atoms with Crippen molar-refractivity contribution in [3.63, 3.8) is 0 Å². The summed E-state index contributed by atoms with van der Waals surface area (Å²) in [7, 11) is 0. The van der Waals surface area contributed by atoms with Crippen LogP contribution in [-0.4, -0.2) is 23.3 Å². The molecule has 1 N–H and O–H groups in total. The van der Waals surface area contributed by atoms with Crippen molar-refractivity contribution in [1.82, 2.24) is 9.99 Å². The Labute approximate surface area is 167 Å². The number of nitrogens with one attached hydrogen (secondary N) is 1. The first-order valence-electron chi connectivity index (χ1n) is 8.60. The van der Waals surface area contributed by atoms with Gasteiger partial charge in [0.15, 0.2) is 6.61 Å². The molecule has 0 fully saturated rings. The number of ether oxygens (including phenoxy) is 1. The molecule has 0 bridgehead atoms. The van der Waals surface area contributed by atoms with E-state index in [0.717, 1.165) is 17.0 Å². The fourth-order valence-electron chi connectivity index (χ4n) is 2.81. The fourth-order valence-corrected chi connectivity index (χ4v) is 2.93. The molecular formula is C21H19ClFN3O2. The first-order chi connectivity index (χ1) is 13.5. The van der Waals surface area contributed by atoms with Gasteiger partial charge in [-0.1, -0.05) is 23.7 Å². The number of carbonyl (C=O) groups excluding carboxylic acids is 1. The first kappa shape index (κ1) is 19.6. The highest BCUT2D eigenvalue weighted by atomic mass is 35.5. The molecule has 2 aromatic carbocycles. The Balaban J connectivity index is 1.63. The number of carbonyl (C=O) groups is 1. The minimum absolute atomic E-state index is 0.173. The van der Waals surface area contributed by atoms with Gasteiger partial charge in [0.05, 0.1) is 11.9 Å². The molecular weight excluding hydrogens is 381 g/mol. The maximum Gasteiger partial charge on any atom is 0.277 e. The highest BCUT2D eigenvalue weighted by molar-refractivity contribution is 6.30. The van der Waals surface area contributed by atoms with Gasteiger partial charge in [0, 0.05) is 22.0 Å². The first-order valence-corrected chi connectivity index (χ1v) is 8.97. The minimum atomic E-state index is -0.394. The summed E-state index contributed by atoms with van der Waals surface area (Å²) in [5.41, 5.74) is 5.34. The van der Waals surface area contributed by atoms with Crippen molar-refractivity contribution in [2.75, 3.05) is 6.61 Å². The van der Waals surface area contributed by atoms with E-state index >= 15 is 0 Å². The molecule has 0 aliphatic rings. The zero-order chi connectivity index (χ0) is 20.1. The van der Waals surface area contributed by atoms with Crippen molar-refractivity contribution < 1.29 is 13.9 Å². The lowest BCUT2D eigenvalue weighted by Gasteiger charge is -2.10. The standard InChI is InChI=1S/C21H19ClFN3O2/c1-14-11-16(15(2)26(14)20-6-4-3-5-19(20)23)12-24-25-21(27)13-28-18-9-7-17(22)8-10-18/h3-12H,13H2,1-2H3,(H,25,27). The topological polar surface area (TPSA) is 55.6 Å². The van der Waals surface area contributed by atoms with Gasteiger partial charge in [-0.25, -0.2) is 9.82 Å². The third-order valence-corrected chi connectivity index (χ3v) is 4.39. The van der Waals surface area contributed by atoms with Crippen LogP contribution in [0.3, 0.4) is 0 Å². The number of para-hydroxylation sites is 1. The molecule has 3 rings (SSSR count). The number of hydrogen-bond donors (Lipinski definition) is 1. The molecule has 0 aliphatic heterocycles. The maximum absolute atomic E-state index is 14.1. The zero-order valence-electron chi connectivity index (χ0n) is 15.4. The maximum atomic E-state index is 14.1. The molecule has 3 aromatic rings. The second-order valence-electron chi connectivity index (χ2n) is 6.15. The minimum Gasteiger partial charge on any atom is -0.484 e. The molecule has 0 saturated carbocycles. The van der Waals surface area contributed by atoms with Crippen molar-refractivity contribution >= 4 is 23.7 Å². The Bertz CT molecular complexity index is 1010. The molecule has 0 radical (unpaired) electrons. The van der Waals surface area contributed by atoms with Crippen molar-refractivity contribution in [3.8, 4) is 11.4 Å². The second-order valence-corrected chi connectivity index (χ2v) is 6.59. The summed E-state index contributed by atoms with van der Waals surface area (Å²) in [6.45, 7) is 3.58. The average molecular weight is 400 g/mol. The molecule has 1 aromatic heterocycles. The van der Waals surface area contributed by atoms with E-state index in [9.17, 15) is 9.18 Å². The SMILES string of the molecule is Cc1cc(C=NNC(=O)COc2ccc(Cl)cc2)c(C)n1-c1ccccc1F. The number of amides is 1. The lowest BCUT2D eigenvalue weighted by molar-refractivity contribution is -0.123. The van der Waals surface area contributed by atoms with Crippen LogP contribution >= 0.6 is 11.6 Å². The van der Waals surface area contributed by atoms with E-state index in [2.05, 4.69) is 10.5 Å². The summed E-state index contributed by atoms with van der Waals surface area (Å²) in [4.78, 5) is 11.9. The van der Waals surface area contributed by atoms with Crippen LogP contribution in [0.2, 0.25) is 5.02 Å². The van der Waals surface area contributed by atoms with Crippen molar-refractivity contribution in [2.45, 2.75) is 13.8 Å². The molecule has 7 heteroatoms. The zero-order valence-corrected chi connectivity index (χ0v) is 16.2. The average Bonchev–Trinajstić information content (AvgIpc) is 2.95. The number of aryl methyl sites for hydroxylation is 1. The number of benzene rings is 2. The summed E-state index contributed by atoms with van der Waals surface area (Å²) in [5.74, 6) is -0.161. The second kappa shape index (κ2) is 8.71. The highest BCUT2D eigenvalue weighted by Gasteiger charge is 2.12. The van der Waals surface area contributed by atoms with Crippen LogP contribution in [-0.2, 0) is 4.79 Å². The predicted octanol–water partition coefficient (Wildman–Crippen LogP) is 4.42. The van der Waals surface area contributed by atoms with Gasteiger partial charge in [-0.15, -0.1) is 0 Å².